The molecule has 7 atom stereocenters. The van der Waals surface area contributed by atoms with Gasteiger partial charge in [0, 0.05) is 6.42 Å². The topological polar surface area (TPSA) is 192 Å². The number of carbonyl (C=O) groups is 1. The van der Waals surface area contributed by atoms with Crippen molar-refractivity contribution in [2.45, 2.75) is 269 Å². The molecule has 0 aliphatic carbocycles. The summed E-state index contributed by atoms with van der Waals surface area (Å²) in [6.45, 7) is 3.46. The van der Waals surface area contributed by atoms with Crippen LogP contribution in [0.15, 0.2) is 0 Å². The second-order valence-corrected chi connectivity index (χ2v) is 18.1. The molecule has 1 amide bonds. The molecule has 13 heteroatoms. The van der Waals surface area contributed by atoms with Crippen molar-refractivity contribution in [3.05, 3.63) is 0 Å². The molecule has 0 aromatic rings. The Hall–Kier alpha value is -0.900. The highest BCUT2D eigenvalue weighted by atomic mass is 32.3. The number of nitrogens with one attached hydrogen (secondary N) is 1. The summed E-state index contributed by atoms with van der Waals surface area (Å²) in [5.74, 6) is -0.226. The summed E-state index contributed by atoms with van der Waals surface area (Å²) in [5, 5.41) is 44.9. The summed E-state index contributed by atoms with van der Waals surface area (Å²) in [4.78, 5) is 13.0. The number of carbonyl (C=O) groups excluding carboxylic acids is 1. The summed E-state index contributed by atoms with van der Waals surface area (Å²) in [6.07, 6.45) is 29.5. The lowest BCUT2D eigenvalue weighted by atomic mass is 9.99. The largest absolute Gasteiger partial charge is 0.397 e. The Kier molecular flexibility index (Phi) is 34.9. The second-order valence-electron chi connectivity index (χ2n) is 17.1. The van der Waals surface area contributed by atoms with Crippen molar-refractivity contribution < 1.29 is 51.8 Å². The Balaban J connectivity index is 2.46. The van der Waals surface area contributed by atoms with Crippen LogP contribution in [0.25, 0.3) is 0 Å². The third kappa shape index (κ3) is 29.4. The minimum atomic E-state index is -5.07. The van der Waals surface area contributed by atoms with Crippen molar-refractivity contribution in [3.8, 4) is 0 Å². The summed E-state index contributed by atoms with van der Waals surface area (Å²) in [6, 6.07) is -0.851. The van der Waals surface area contributed by atoms with Gasteiger partial charge in [0.1, 0.15) is 24.4 Å². The molecule has 12 nitrogen and oxygen atoms in total. The molecular weight excluding hydrogens is 763 g/mol. The summed E-state index contributed by atoms with van der Waals surface area (Å²) >= 11 is 0. The van der Waals surface area contributed by atoms with Crippen LogP contribution in [-0.2, 0) is 28.9 Å². The van der Waals surface area contributed by atoms with Crippen LogP contribution >= 0.6 is 0 Å². The van der Waals surface area contributed by atoms with Crippen LogP contribution in [0.1, 0.15) is 226 Å². The van der Waals surface area contributed by atoms with Crippen molar-refractivity contribution in [2.24, 2.45) is 0 Å². The molecule has 0 radical (unpaired) electrons. The standard InChI is InChI=1S/C45H89NO11S/c1-3-5-7-9-11-13-15-17-19-20-21-23-25-27-29-31-33-35-41(49)46-38(37-55-45-43(51)44(57-58(52,53)54)42(50)40(36-47)56-45)39(48)34-32-30-28-26-24-22-18-16-14-12-10-8-6-4-2/h38-40,42-45,47-48,50-51H,3-37H2,1-2H3,(H,46,49)(H,52,53,54). The SMILES string of the molecule is CCCCCCCCCCCCCCCCCCCC(=O)NC(COC1OC(CO)C(O)C(OS(=O)(=O)O)C1O)C(O)CCCCCCCCCCCCCCCC. The molecule has 1 fully saturated rings. The number of amides is 1. The molecule has 346 valence electrons. The first-order valence-electron chi connectivity index (χ1n) is 23.9. The smallest absolute Gasteiger partial charge is 0.394 e. The van der Waals surface area contributed by atoms with Crippen LogP contribution in [0.3, 0.4) is 0 Å². The molecule has 1 aliphatic rings. The van der Waals surface area contributed by atoms with Gasteiger partial charge < -0.3 is 35.2 Å². The van der Waals surface area contributed by atoms with Gasteiger partial charge >= 0.3 is 10.4 Å². The van der Waals surface area contributed by atoms with Gasteiger partial charge in [0.05, 0.1) is 25.4 Å². The molecule has 58 heavy (non-hydrogen) atoms. The van der Waals surface area contributed by atoms with Gasteiger partial charge in [-0.25, -0.2) is 4.18 Å². The van der Waals surface area contributed by atoms with E-state index in [0.717, 1.165) is 51.4 Å². The van der Waals surface area contributed by atoms with Crippen molar-refractivity contribution >= 4 is 16.3 Å². The maximum atomic E-state index is 13.0. The number of rotatable bonds is 41. The van der Waals surface area contributed by atoms with E-state index in [2.05, 4.69) is 23.3 Å². The normalized spacial score (nSPS) is 21.0. The molecular formula is C45H89NO11S. The molecule has 0 saturated carbocycles. The minimum absolute atomic E-state index is 0.226. The maximum absolute atomic E-state index is 13.0. The van der Waals surface area contributed by atoms with Crippen LogP contribution in [-0.4, -0.2) is 95.4 Å². The number of unbranched alkanes of at least 4 members (excludes halogenated alkanes) is 29. The van der Waals surface area contributed by atoms with E-state index in [4.69, 9.17) is 9.47 Å². The molecule has 0 aromatic heterocycles. The number of hydrogen-bond donors (Lipinski definition) is 6. The quantitative estimate of drug-likeness (QED) is 0.0254. The second kappa shape index (κ2) is 36.7. The van der Waals surface area contributed by atoms with Gasteiger partial charge in [-0.3, -0.25) is 9.35 Å². The highest BCUT2D eigenvalue weighted by Crippen LogP contribution is 2.26. The first-order chi connectivity index (χ1) is 28.0. The average Bonchev–Trinajstić information content (AvgIpc) is 3.19. The van der Waals surface area contributed by atoms with Crippen LogP contribution in [0.5, 0.6) is 0 Å². The van der Waals surface area contributed by atoms with Gasteiger partial charge in [-0.15, -0.1) is 0 Å². The average molecular weight is 852 g/mol. The third-order valence-corrected chi connectivity index (χ3v) is 12.1. The highest BCUT2D eigenvalue weighted by molar-refractivity contribution is 7.80. The number of hydrogen-bond acceptors (Lipinski definition) is 10. The fraction of sp³-hybridized carbons (Fsp3) is 0.978. The number of ether oxygens (including phenoxy) is 2. The molecule has 1 heterocycles. The van der Waals surface area contributed by atoms with E-state index in [1.165, 1.54) is 148 Å². The lowest BCUT2D eigenvalue weighted by Crippen LogP contribution is -2.61. The van der Waals surface area contributed by atoms with Crippen molar-refractivity contribution in [3.63, 3.8) is 0 Å². The van der Waals surface area contributed by atoms with Gasteiger partial charge in [-0.05, 0) is 12.8 Å². The van der Waals surface area contributed by atoms with Crippen molar-refractivity contribution in [1.82, 2.24) is 5.32 Å². The first-order valence-corrected chi connectivity index (χ1v) is 25.3. The molecule has 1 rings (SSSR count). The van der Waals surface area contributed by atoms with Gasteiger partial charge in [0.15, 0.2) is 6.29 Å². The fourth-order valence-electron chi connectivity index (χ4n) is 7.93. The van der Waals surface area contributed by atoms with Crippen LogP contribution in [0, 0.1) is 0 Å². The highest BCUT2D eigenvalue weighted by Gasteiger charge is 2.48. The zero-order valence-corrected chi connectivity index (χ0v) is 37.7. The Bertz CT molecular complexity index is 1050. The monoisotopic (exact) mass is 852 g/mol. The van der Waals surface area contributed by atoms with E-state index < -0.39 is 59.9 Å². The summed E-state index contributed by atoms with van der Waals surface area (Å²) in [7, 11) is -5.07. The predicted molar refractivity (Wildman–Crippen MR) is 232 cm³/mol. The van der Waals surface area contributed by atoms with Gasteiger partial charge in [0.25, 0.3) is 0 Å². The van der Waals surface area contributed by atoms with Gasteiger partial charge in [-0.1, -0.05) is 206 Å². The molecule has 6 N–H and O–H groups in total. The van der Waals surface area contributed by atoms with E-state index in [-0.39, 0.29) is 12.5 Å². The Morgan fingerprint density at radius 2 is 1.00 bits per heavy atom. The van der Waals surface area contributed by atoms with E-state index in [0.29, 0.717) is 12.8 Å². The Morgan fingerprint density at radius 3 is 1.38 bits per heavy atom. The first kappa shape index (κ1) is 55.1. The van der Waals surface area contributed by atoms with E-state index >= 15 is 0 Å². The van der Waals surface area contributed by atoms with Crippen LogP contribution in [0.4, 0.5) is 0 Å². The lowest BCUT2D eigenvalue weighted by molar-refractivity contribution is -0.298. The maximum Gasteiger partial charge on any atom is 0.397 e. The Labute approximate surface area is 354 Å². The van der Waals surface area contributed by atoms with E-state index in [9.17, 15) is 38.2 Å². The van der Waals surface area contributed by atoms with Crippen LogP contribution in [0.2, 0.25) is 0 Å². The predicted octanol–water partition coefficient (Wildman–Crippen LogP) is 9.39. The Morgan fingerprint density at radius 1 is 0.621 bits per heavy atom. The molecule has 0 aromatic carbocycles. The van der Waals surface area contributed by atoms with E-state index in [1.807, 2.05) is 0 Å². The minimum Gasteiger partial charge on any atom is -0.394 e. The molecule has 0 bridgehead atoms. The third-order valence-electron chi connectivity index (χ3n) is 11.7. The molecule has 7 unspecified atom stereocenters. The zero-order chi connectivity index (χ0) is 42.7. The van der Waals surface area contributed by atoms with Gasteiger partial charge in [-0.2, -0.15) is 8.42 Å². The van der Waals surface area contributed by atoms with Crippen LogP contribution < -0.4 is 5.32 Å². The lowest BCUT2D eigenvalue weighted by Gasteiger charge is -2.41. The van der Waals surface area contributed by atoms with Gasteiger partial charge in [0.2, 0.25) is 5.91 Å². The van der Waals surface area contributed by atoms with Crippen molar-refractivity contribution in [2.75, 3.05) is 13.2 Å². The summed E-state index contributed by atoms with van der Waals surface area (Å²) in [5.41, 5.74) is 0. The fourth-order valence-corrected chi connectivity index (χ4v) is 8.44. The number of aliphatic hydroxyl groups is 4. The molecule has 0 spiro atoms. The van der Waals surface area contributed by atoms with E-state index in [1.54, 1.807) is 0 Å². The van der Waals surface area contributed by atoms with Crippen molar-refractivity contribution in [1.29, 1.82) is 0 Å². The molecule has 1 aliphatic heterocycles. The molecule has 1 saturated heterocycles. The zero-order valence-electron chi connectivity index (χ0n) is 36.9. The summed E-state index contributed by atoms with van der Waals surface area (Å²) < 4.78 is 47.7. The number of aliphatic hydroxyl groups excluding tert-OH is 4.